The molecule has 0 unspecified atom stereocenters. The van der Waals surface area contributed by atoms with Gasteiger partial charge in [-0.1, -0.05) is 6.92 Å². The zero-order valence-electron chi connectivity index (χ0n) is 4.49. The highest BCUT2D eigenvalue weighted by molar-refractivity contribution is 8.74. The van der Waals surface area contributed by atoms with Crippen molar-refractivity contribution in [2.24, 2.45) is 0 Å². The van der Waals surface area contributed by atoms with Gasteiger partial charge in [0.2, 0.25) is 0 Å². The van der Waals surface area contributed by atoms with Crippen LogP contribution in [0.3, 0.4) is 0 Å². The predicted molar refractivity (Wildman–Crippen MR) is 37.3 cm³/mol. The maximum atomic E-state index is 9.62. The molecule has 0 fully saturated rings. The Morgan fingerprint density at radius 1 is 1.75 bits per heavy atom. The lowest BCUT2D eigenvalue weighted by atomic mass is 10.6. The first-order valence-corrected chi connectivity index (χ1v) is 4.49. The minimum absolute atomic E-state index is 0.389. The fourth-order valence-electron chi connectivity index (χ4n) is 0.164. The minimum atomic E-state index is -0.389. The van der Waals surface area contributed by atoms with Crippen LogP contribution in [0.1, 0.15) is 13.3 Å². The Hall–Kier alpha value is 0.1000. The molecule has 0 aliphatic rings. The normalized spacial score (nSPS) is 9.12. The molecule has 0 aromatic heterocycles. The van der Waals surface area contributed by atoms with E-state index in [-0.39, 0.29) is 4.33 Å². The number of nitrogens with zero attached hydrogens (tertiary/aromatic N) is 1. The number of rotatable bonds is 4. The fraction of sp³-hybridized carbons (Fsp3) is 1.00. The standard InChI is InChI=1S/C3H7NO2S2/c1-2-3-7-8-4(5)6/h2-3H2,1H3. The summed E-state index contributed by atoms with van der Waals surface area (Å²) >= 11 is 0. The van der Waals surface area contributed by atoms with Crippen LogP contribution in [0.15, 0.2) is 0 Å². The lowest BCUT2D eigenvalue weighted by Gasteiger charge is -1.84. The van der Waals surface area contributed by atoms with Crippen molar-refractivity contribution in [1.29, 1.82) is 0 Å². The summed E-state index contributed by atoms with van der Waals surface area (Å²) in [5.41, 5.74) is 0. The monoisotopic (exact) mass is 153 g/mol. The van der Waals surface area contributed by atoms with Crippen LogP contribution in [0.4, 0.5) is 0 Å². The average molecular weight is 153 g/mol. The largest absolute Gasteiger partial charge is 0.300 e. The molecule has 0 aromatic carbocycles. The SMILES string of the molecule is CCCSS[N+](=O)[O-]. The first-order valence-electron chi connectivity index (χ1n) is 2.21. The predicted octanol–water partition coefficient (Wildman–Crippen LogP) is 1.97. The molecule has 0 aromatic rings. The molecule has 0 amide bonds. The van der Waals surface area contributed by atoms with E-state index in [0.29, 0.717) is 11.0 Å². The first kappa shape index (κ1) is 8.10. The first-order chi connectivity index (χ1) is 3.77. The van der Waals surface area contributed by atoms with Gasteiger partial charge in [0.1, 0.15) is 4.33 Å². The van der Waals surface area contributed by atoms with E-state index >= 15 is 0 Å². The van der Waals surface area contributed by atoms with E-state index in [4.69, 9.17) is 0 Å². The molecule has 5 heteroatoms. The van der Waals surface area contributed by atoms with E-state index in [1.165, 1.54) is 10.8 Å². The van der Waals surface area contributed by atoms with Gasteiger partial charge in [-0.15, -0.1) is 0 Å². The molecule has 0 radical (unpaired) electrons. The van der Waals surface area contributed by atoms with Crippen LogP contribution in [-0.2, 0) is 0 Å². The third-order valence-corrected chi connectivity index (χ3v) is 2.38. The van der Waals surface area contributed by atoms with Crippen molar-refractivity contribution < 1.29 is 4.33 Å². The van der Waals surface area contributed by atoms with Crippen LogP contribution in [0.25, 0.3) is 0 Å². The van der Waals surface area contributed by atoms with Gasteiger partial charge in [0.05, 0.1) is 0 Å². The van der Waals surface area contributed by atoms with Crippen molar-refractivity contribution in [3.05, 3.63) is 10.1 Å². The smallest absolute Gasteiger partial charge is 0.250 e. The summed E-state index contributed by atoms with van der Waals surface area (Å²) in [4.78, 5) is 9.62. The lowest BCUT2D eigenvalue weighted by Crippen LogP contribution is -1.78. The third kappa shape index (κ3) is 6.10. The third-order valence-electron chi connectivity index (χ3n) is 0.401. The molecule has 0 aliphatic carbocycles. The number of hydrogen-bond donors (Lipinski definition) is 0. The molecule has 0 saturated carbocycles. The Morgan fingerprint density at radius 3 is 2.75 bits per heavy atom. The molecule has 3 nitrogen and oxygen atoms in total. The van der Waals surface area contributed by atoms with E-state index < -0.39 is 0 Å². The molecule has 0 rings (SSSR count). The van der Waals surface area contributed by atoms with Crippen LogP contribution in [0.2, 0.25) is 0 Å². The van der Waals surface area contributed by atoms with Gasteiger partial charge in [-0.25, -0.2) is 10.1 Å². The molecular weight excluding hydrogens is 146 g/mol. The van der Waals surface area contributed by atoms with Gasteiger partial charge in [0.15, 0.2) is 0 Å². The van der Waals surface area contributed by atoms with Gasteiger partial charge in [-0.05, 0) is 17.2 Å². The Morgan fingerprint density at radius 2 is 2.38 bits per heavy atom. The van der Waals surface area contributed by atoms with Gasteiger partial charge < -0.3 is 0 Å². The summed E-state index contributed by atoms with van der Waals surface area (Å²) in [5.74, 6) is 0.853. The van der Waals surface area contributed by atoms with E-state index in [0.717, 1.165) is 12.2 Å². The second kappa shape index (κ2) is 5.24. The summed E-state index contributed by atoms with van der Waals surface area (Å²) in [7, 11) is 1.97. The van der Waals surface area contributed by atoms with Crippen molar-refractivity contribution in [2.75, 3.05) is 5.75 Å². The maximum absolute atomic E-state index is 9.62. The summed E-state index contributed by atoms with van der Waals surface area (Å²) in [6.07, 6.45) is 0.992. The summed E-state index contributed by atoms with van der Waals surface area (Å²) in [6.45, 7) is 1.99. The second-order valence-electron chi connectivity index (χ2n) is 1.12. The average Bonchev–Trinajstić information content (AvgIpc) is 1.66. The van der Waals surface area contributed by atoms with E-state index in [1.807, 2.05) is 6.92 Å². The number of hydrogen-bond acceptors (Lipinski definition) is 4. The highest BCUT2D eigenvalue weighted by Crippen LogP contribution is 2.20. The molecule has 0 heterocycles. The Bertz CT molecular complexity index is 77.7. The van der Waals surface area contributed by atoms with Crippen LogP contribution in [0, 0.1) is 10.1 Å². The highest BCUT2D eigenvalue weighted by Gasteiger charge is 1.97. The number of nitro groups is 1. The van der Waals surface area contributed by atoms with Crippen molar-refractivity contribution in [3.63, 3.8) is 0 Å². The van der Waals surface area contributed by atoms with Gasteiger partial charge in [-0.3, -0.25) is 0 Å². The Balaban J connectivity index is 2.82. The maximum Gasteiger partial charge on any atom is 0.300 e. The van der Waals surface area contributed by atoms with Crippen molar-refractivity contribution in [2.45, 2.75) is 13.3 Å². The zero-order valence-corrected chi connectivity index (χ0v) is 6.13. The molecule has 0 spiro atoms. The molecule has 48 valence electrons. The van der Waals surface area contributed by atoms with E-state index in [2.05, 4.69) is 0 Å². The van der Waals surface area contributed by atoms with E-state index in [9.17, 15) is 10.1 Å². The minimum Gasteiger partial charge on any atom is -0.250 e. The van der Waals surface area contributed by atoms with Crippen molar-refractivity contribution >= 4 is 21.8 Å². The van der Waals surface area contributed by atoms with Crippen LogP contribution < -0.4 is 0 Å². The molecule has 0 bridgehead atoms. The quantitative estimate of drug-likeness (QED) is 0.203. The molecule has 8 heavy (non-hydrogen) atoms. The Labute approximate surface area is 55.9 Å². The van der Waals surface area contributed by atoms with Gasteiger partial charge in [0, 0.05) is 5.75 Å². The Kier molecular flexibility index (Phi) is 5.31. The van der Waals surface area contributed by atoms with Gasteiger partial charge in [0.25, 0.3) is 11.0 Å². The molecule has 0 N–H and O–H groups in total. The van der Waals surface area contributed by atoms with Crippen molar-refractivity contribution in [1.82, 2.24) is 0 Å². The van der Waals surface area contributed by atoms with E-state index in [1.54, 1.807) is 0 Å². The summed E-state index contributed by atoms with van der Waals surface area (Å²) in [6, 6.07) is 0. The van der Waals surface area contributed by atoms with Crippen LogP contribution in [-0.4, -0.2) is 10.1 Å². The summed E-state index contributed by atoms with van der Waals surface area (Å²) < 4.78 is -0.389. The van der Waals surface area contributed by atoms with Crippen LogP contribution >= 0.6 is 21.8 Å². The zero-order chi connectivity index (χ0) is 6.41. The van der Waals surface area contributed by atoms with Crippen LogP contribution in [0.5, 0.6) is 0 Å². The topological polar surface area (TPSA) is 43.1 Å². The van der Waals surface area contributed by atoms with Gasteiger partial charge in [-0.2, -0.15) is 0 Å². The molecule has 0 atom stereocenters. The molecule has 0 aliphatic heterocycles. The molecule has 0 saturated heterocycles. The summed E-state index contributed by atoms with van der Waals surface area (Å²) in [5, 5.41) is 9.62. The fourth-order valence-corrected chi connectivity index (χ4v) is 1.47. The van der Waals surface area contributed by atoms with Crippen molar-refractivity contribution in [3.8, 4) is 0 Å². The lowest BCUT2D eigenvalue weighted by molar-refractivity contribution is -0.280. The van der Waals surface area contributed by atoms with Gasteiger partial charge >= 0.3 is 0 Å². The highest BCUT2D eigenvalue weighted by atomic mass is 33.1. The second-order valence-corrected chi connectivity index (χ2v) is 3.37. The molecular formula is C3H7NO2S2.